The fourth-order valence-corrected chi connectivity index (χ4v) is 2.73. The highest BCUT2D eigenvalue weighted by atomic mass is 16.3. The SMILES string of the molecule is CC(C)n1ccc(CC(O)C2(C)CCCC2)n1. The molecule has 96 valence electrons. The van der Waals surface area contributed by atoms with Gasteiger partial charge in [-0.1, -0.05) is 19.8 Å². The van der Waals surface area contributed by atoms with Gasteiger partial charge >= 0.3 is 0 Å². The average molecular weight is 236 g/mol. The minimum absolute atomic E-state index is 0.113. The Morgan fingerprint density at radius 2 is 2.06 bits per heavy atom. The summed E-state index contributed by atoms with van der Waals surface area (Å²) in [5.41, 5.74) is 1.13. The molecule has 1 fully saturated rings. The highest BCUT2D eigenvalue weighted by Gasteiger charge is 2.36. The predicted molar refractivity (Wildman–Crippen MR) is 68.9 cm³/mol. The van der Waals surface area contributed by atoms with Gasteiger partial charge in [0, 0.05) is 18.7 Å². The quantitative estimate of drug-likeness (QED) is 0.872. The number of hydrogen-bond donors (Lipinski definition) is 1. The second kappa shape index (κ2) is 4.81. The standard InChI is InChI=1S/C14H24N2O/c1-11(2)16-9-6-12(15-16)10-13(17)14(3)7-4-5-8-14/h6,9,11,13,17H,4-5,7-8,10H2,1-3H3. The molecule has 1 N–H and O–H groups in total. The molecule has 2 rings (SSSR count). The van der Waals surface area contributed by atoms with Gasteiger partial charge in [0.15, 0.2) is 0 Å². The van der Waals surface area contributed by atoms with Crippen LogP contribution in [0, 0.1) is 5.41 Å². The molecule has 0 radical (unpaired) electrons. The Balaban J connectivity index is 1.99. The molecule has 1 saturated carbocycles. The van der Waals surface area contributed by atoms with Gasteiger partial charge in [-0.3, -0.25) is 4.68 Å². The van der Waals surface area contributed by atoms with Crippen LogP contribution in [0.3, 0.4) is 0 Å². The van der Waals surface area contributed by atoms with Crippen LogP contribution in [0.2, 0.25) is 0 Å². The summed E-state index contributed by atoms with van der Waals surface area (Å²) in [6.07, 6.45) is 7.26. The predicted octanol–water partition coefficient (Wildman–Crippen LogP) is 2.95. The van der Waals surface area contributed by atoms with Crippen molar-refractivity contribution in [3.05, 3.63) is 18.0 Å². The van der Waals surface area contributed by atoms with Crippen LogP contribution in [0.5, 0.6) is 0 Å². The Labute approximate surface area is 104 Å². The van der Waals surface area contributed by atoms with Crippen molar-refractivity contribution in [1.82, 2.24) is 9.78 Å². The van der Waals surface area contributed by atoms with E-state index in [1.165, 1.54) is 12.8 Å². The number of aliphatic hydroxyl groups is 1. The van der Waals surface area contributed by atoms with E-state index < -0.39 is 0 Å². The maximum Gasteiger partial charge on any atom is 0.0650 e. The highest BCUT2D eigenvalue weighted by molar-refractivity contribution is 5.03. The first-order chi connectivity index (χ1) is 8.01. The van der Waals surface area contributed by atoms with E-state index in [0.717, 1.165) is 18.5 Å². The molecule has 1 aromatic heterocycles. The molecule has 1 heterocycles. The zero-order chi connectivity index (χ0) is 12.5. The van der Waals surface area contributed by atoms with Gasteiger partial charge < -0.3 is 5.11 Å². The molecular weight excluding hydrogens is 212 g/mol. The summed E-state index contributed by atoms with van der Waals surface area (Å²) in [4.78, 5) is 0. The smallest absolute Gasteiger partial charge is 0.0650 e. The van der Waals surface area contributed by atoms with Crippen molar-refractivity contribution in [2.75, 3.05) is 0 Å². The molecule has 1 aliphatic rings. The van der Waals surface area contributed by atoms with Crippen molar-refractivity contribution < 1.29 is 5.11 Å². The lowest BCUT2D eigenvalue weighted by atomic mass is 9.80. The van der Waals surface area contributed by atoms with Crippen LogP contribution in [-0.4, -0.2) is 21.0 Å². The first-order valence-electron chi connectivity index (χ1n) is 6.73. The third-order valence-corrected chi connectivity index (χ3v) is 4.15. The van der Waals surface area contributed by atoms with Crippen molar-refractivity contribution >= 4 is 0 Å². The summed E-state index contributed by atoms with van der Waals surface area (Å²) in [6.45, 7) is 6.45. The molecule has 0 spiro atoms. The van der Waals surface area contributed by atoms with Crippen LogP contribution in [0.15, 0.2) is 12.3 Å². The van der Waals surface area contributed by atoms with Gasteiger partial charge in [-0.05, 0) is 38.2 Å². The van der Waals surface area contributed by atoms with Gasteiger partial charge in [-0.2, -0.15) is 5.10 Å². The van der Waals surface area contributed by atoms with Gasteiger partial charge in [0.1, 0.15) is 0 Å². The van der Waals surface area contributed by atoms with Crippen LogP contribution in [0.4, 0.5) is 0 Å². The molecule has 3 nitrogen and oxygen atoms in total. The molecule has 3 heteroatoms. The minimum atomic E-state index is -0.250. The molecule has 0 aliphatic heterocycles. The van der Waals surface area contributed by atoms with E-state index >= 15 is 0 Å². The molecule has 1 aromatic rings. The molecule has 0 saturated heterocycles. The summed E-state index contributed by atoms with van der Waals surface area (Å²) in [6, 6.07) is 2.42. The monoisotopic (exact) mass is 236 g/mol. The highest BCUT2D eigenvalue weighted by Crippen LogP contribution is 2.41. The zero-order valence-corrected chi connectivity index (χ0v) is 11.2. The number of rotatable bonds is 4. The number of aliphatic hydroxyl groups excluding tert-OH is 1. The summed E-state index contributed by atoms with van der Waals surface area (Å²) < 4.78 is 1.96. The van der Waals surface area contributed by atoms with Gasteiger partial charge in [0.05, 0.1) is 11.8 Å². The van der Waals surface area contributed by atoms with Gasteiger partial charge in [0.25, 0.3) is 0 Å². The molecule has 1 atom stereocenters. The zero-order valence-electron chi connectivity index (χ0n) is 11.2. The molecule has 0 bridgehead atoms. The van der Waals surface area contributed by atoms with E-state index in [4.69, 9.17) is 0 Å². The Morgan fingerprint density at radius 1 is 1.41 bits per heavy atom. The largest absolute Gasteiger partial charge is 0.392 e. The lowest BCUT2D eigenvalue weighted by molar-refractivity contribution is 0.0415. The summed E-state index contributed by atoms with van der Waals surface area (Å²) in [7, 11) is 0. The van der Waals surface area contributed by atoms with Crippen LogP contribution < -0.4 is 0 Å². The minimum Gasteiger partial charge on any atom is -0.392 e. The first kappa shape index (κ1) is 12.6. The maximum atomic E-state index is 10.4. The molecule has 1 unspecified atom stereocenters. The fraction of sp³-hybridized carbons (Fsp3) is 0.786. The molecule has 17 heavy (non-hydrogen) atoms. The third-order valence-electron chi connectivity index (χ3n) is 4.15. The van der Waals surface area contributed by atoms with E-state index in [1.54, 1.807) is 0 Å². The Kier molecular flexibility index (Phi) is 3.57. The summed E-state index contributed by atoms with van der Waals surface area (Å²) in [5.74, 6) is 0. The molecular formula is C14H24N2O. The van der Waals surface area contributed by atoms with Crippen LogP contribution >= 0.6 is 0 Å². The number of aromatic nitrogens is 2. The van der Waals surface area contributed by atoms with Crippen LogP contribution in [0.1, 0.15) is 58.2 Å². The van der Waals surface area contributed by atoms with Crippen molar-refractivity contribution in [2.24, 2.45) is 5.41 Å². The van der Waals surface area contributed by atoms with Crippen LogP contribution in [-0.2, 0) is 6.42 Å². The second-order valence-electron chi connectivity index (χ2n) is 5.96. The van der Waals surface area contributed by atoms with E-state index in [9.17, 15) is 5.11 Å². The lowest BCUT2D eigenvalue weighted by Crippen LogP contribution is -2.31. The molecule has 0 aromatic carbocycles. The van der Waals surface area contributed by atoms with Gasteiger partial charge in [-0.25, -0.2) is 0 Å². The third kappa shape index (κ3) is 2.71. The number of nitrogens with zero attached hydrogens (tertiary/aromatic N) is 2. The van der Waals surface area contributed by atoms with E-state index in [-0.39, 0.29) is 11.5 Å². The van der Waals surface area contributed by atoms with Gasteiger partial charge in [-0.15, -0.1) is 0 Å². The topological polar surface area (TPSA) is 38.0 Å². The fourth-order valence-electron chi connectivity index (χ4n) is 2.73. The number of hydrogen-bond acceptors (Lipinski definition) is 2. The van der Waals surface area contributed by atoms with Crippen LogP contribution in [0.25, 0.3) is 0 Å². The van der Waals surface area contributed by atoms with Crippen molar-refractivity contribution in [3.8, 4) is 0 Å². The molecule has 1 aliphatic carbocycles. The maximum absolute atomic E-state index is 10.4. The van der Waals surface area contributed by atoms with E-state index in [2.05, 4.69) is 25.9 Å². The Hall–Kier alpha value is -0.830. The van der Waals surface area contributed by atoms with Crippen molar-refractivity contribution in [2.45, 2.75) is 65.0 Å². The normalized spacial score (nSPS) is 21.0. The van der Waals surface area contributed by atoms with Crippen molar-refractivity contribution in [3.63, 3.8) is 0 Å². The average Bonchev–Trinajstić information content (AvgIpc) is 2.88. The summed E-state index contributed by atoms with van der Waals surface area (Å²) in [5, 5.41) is 14.9. The molecule has 0 amide bonds. The lowest BCUT2D eigenvalue weighted by Gasteiger charge is -2.29. The van der Waals surface area contributed by atoms with E-state index in [0.29, 0.717) is 12.5 Å². The summed E-state index contributed by atoms with van der Waals surface area (Å²) >= 11 is 0. The Bertz CT molecular complexity index is 364. The van der Waals surface area contributed by atoms with E-state index in [1.807, 2.05) is 16.9 Å². The second-order valence-corrected chi connectivity index (χ2v) is 5.96. The first-order valence-corrected chi connectivity index (χ1v) is 6.73. The van der Waals surface area contributed by atoms with Crippen molar-refractivity contribution in [1.29, 1.82) is 0 Å². The van der Waals surface area contributed by atoms with Gasteiger partial charge in [0.2, 0.25) is 0 Å². The Morgan fingerprint density at radius 3 is 2.59 bits per heavy atom.